The van der Waals surface area contributed by atoms with Gasteiger partial charge in [-0.3, -0.25) is 0 Å². The van der Waals surface area contributed by atoms with E-state index in [4.69, 9.17) is 5.73 Å². The lowest BCUT2D eigenvalue weighted by Gasteiger charge is -2.51. The first-order valence-electron chi connectivity index (χ1n) is 6.66. The Morgan fingerprint density at radius 3 is 2.24 bits per heavy atom. The molecule has 2 nitrogen and oxygen atoms in total. The van der Waals surface area contributed by atoms with Crippen LogP contribution in [0, 0.1) is 5.92 Å². The van der Waals surface area contributed by atoms with E-state index in [2.05, 4.69) is 6.92 Å². The van der Waals surface area contributed by atoms with Crippen molar-refractivity contribution >= 4 is 0 Å². The topological polar surface area (TPSA) is 46.2 Å². The highest BCUT2D eigenvalue weighted by Crippen LogP contribution is 2.47. The number of rotatable bonds is 1. The summed E-state index contributed by atoms with van der Waals surface area (Å²) < 4.78 is 26.3. The number of nitrogens with two attached hydrogens (primary N) is 1. The third kappa shape index (κ3) is 2.48. The van der Waals surface area contributed by atoms with Crippen LogP contribution in [0.15, 0.2) is 0 Å². The zero-order valence-corrected chi connectivity index (χ0v) is 10.5. The first-order valence-corrected chi connectivity index (χ1v) is 6.66. The summed E-state index contributed by atoms with van der Waals surface area (Å²) in [7, 11) is 0. The van der Waals surface area contributed by atoms with Crippen molar-refractivity contribution in [3.8, 4) is 0 Å². The Kier molecular flexibility index (Phi) is 3.24. The van der Waals surface area contributed by atoms with Crippen LogP contribution in [0.3, 0.4) is 0 Å². The quantitative estimate of drug-likeness (QED) is 0.748. The Morgan fingerprint density at radius 1 is 1.12 bits per heavy atom. The van der Waals surface area contributed by atoms with E-state index in [0.717, 1.165) is 25.7 Å². The second kappa shape index (κ2) is 4.16. The van der Waals surface area contributed by atoms with Crippen molar-refractivity contribution < 1.29 is 13.9 Å². The molecule has 2 saturated carbocycles. The lowest BCUT2D eigenvalue weighted by atomic mass is 9.62. The molecular formula is C13H23F2NO. The number of halogens is 2. The Balaban J connectivity index is 2.10. The lowest BCUT2D eigenvalue weighted by Crippen LogP contribution is -2.64. The van der Waals surface area contributed by atoms with E-state index in [1.807, 2.05) is 0 Å². The van der Waals surface area contributed by atoms with Gasteiger partial charge in [-0.25, -0.2) is 8.78 Å². The van der Waals surface area contributed by atoms with E-state index in [9.17, 15) is 13.9 Å². The largest absolute Gasteiger partial charge is 0.388 e. The predicted molar refractivity (Wildman–Crippen MR) is 62.9 cm³/mol. The maximum absolute atomic E-state index is 13.2. The van der Waals surface area contributed by atoms with Crippen molar-refractivity contribution in [1.82, 2.24) is 0 Å². The monoisotopic (exact) mass is 247 g/mol. The minimum Gasteiger partial charge on any atom is -0.388 e. The molecule has 2 rings (SSSR count). The minimum atomic E-state index is -2.61. The van der Waals surface area contributed by atoms with Gasteiger partial charge in [0.1, 0.15) is 0 Å². The molecule has 2 aliphatic carbocycles. The van der Waals surface area contributed by atoms with Crippen LogP contribution in [0.25, 0.3) is 0 Å². The Bertz CT molecular complexity index is 285. The third-order valence-electron chi connectivity index (χ3n) is 4.77. The van der Waals surface area contributed by atoms with E-state index >= 15 is 0 Å². The molecule has 3 N–H and O–H groups in total. The maximum Gasteiger partial charge on any atom is 0.248 e. The van der Waals surface area contributed by atoms with Gasteiger partial charge in [0.25, 0.3) is 0 Å². The van der Waals surface area contributed by atoms with E-state index in [1.165, 1.54) is 0 Å². The zero-order chi connectivity index (χ0) is 12.7. The van der Waals surface area contributed by atoms with Crippen LogP contribution >= 0.6 is 0 Å². The molecule has 2 unspecified atom stereocenters. The van der Waals surface area contributed by atoms with Gasteiger partial charge in [0.2, 0.25) is 5.92 Å². The predicted octanol–water partition coefficient (Wildman–Crippen LogP) is 2.83. The third-order valence-corrected chi connectivity index (χ3v) is 4.77. The van der Waals surface area contributed by atoms with E-state index in [0.29, 0.717) is 5.92 Å². The molecule has 0 aromatic carbocycles. The van der Waals surface area contributed by atoms with Crippen LogP contribution in [0.4, 0.5) is 8.78 Å². The molecule has 2 fully saturated rings. The van der Waals surface area contributed by atoms with Crippen LogP contribution in [0.2, 0.25) is 0 Å². The molecule has 0 aromatic rings. The molecule has 0 spiro atoms. The molecule has 2 aliphatic rings. The van der Waals surface area contributed by atoms with Crippen LogP contribution in [0.1, 0.15) is 58.3 Å². The Hall–Kier alpha value is -0.220. The summed E-state index contributed by atoms with van der Waals surface area (Å²) in [6.07, 6.45) is 3.48. The van der Waals surface area contributed by atoms with E-state index < -0.39 is 17.1 Å². The SMILES string of the molecule is CC1CCCC(N)(C2(O)CCC(F)(F)CC2)C1. The summed E-state index contributed by atoms with van der Waals surface area (Å²) in [5, 5.41) is 10.6. The molecule has 0 amide bonds. The number of hydrogen-bond donors (Lipinski definition) is 2. The van der Waals surface area contributed by atoms with Crippen molar-refractivity contribution in [2.24, 2.45) is 11.7 Å². The number of aliphatic hydroxyl groups is 1. The van der Waals surface area contributed by atoms with E-state index in [1.54, 1.807) is 0 Å². The van der Waals surface area contributed by atoms with Gasteiger partial charge in [-0.1, -0.05) is 19.8 Å². The molecular weight excluding hydrogens is 224 g/mol. The standard InChI is InChI=1S/C13H23F2NO/c1-10-3-2-4-11(16,9-10)12(17)5-7-13(14,15)8-6-12/h10,17H,2-9,16H2,1H3. The molecule has 0 heterocycles. The molecule has 17 heavy (non-hydrogen) atoms. The van der Waals surface area contributed by atoms with E-state index in [-0.39, 0.29) is 25.7 Å². The molecule has 4 heteroatoms. The Morgan fingerprint density at radius 2 is 1.71 bits per heavy atom. The minimum absolute atomic E-state index is 0.142. The molecule has 100 valence electrons. The summed E-state index contributed by atoms with van der Waals surface area (Å²) in [6.45, 7) is 2.13. The normalized spacial score (nSPS) is 41.1. The van der Waals surface area contributed by atoms with Gasteiger partial charge in [0.05, 0.1) is 5.60 Å². The van der Waals surface area contributed by atoms with Gasteiger partial charge in [-0.2, -0.15) is 0 Å². The smallest absolute Gasteiger partial charge is 0.248 e. The molecule has 0 saturated heterocycles. The van der Waals surface area contributed by atoms with Crippen molar-refractivity contribution in [2.75, 3.05) is 0 Å². The fraction of sp³-hybridized carbons (Fsp3) is 1.00. The number of alkyl halides is 2. The van der Waals surface area contributed by atoms with Crippen molar-refractivity contribution in [3.63, 3.8) is 0 Å². The van der Waals surface area contributed by atoms with Gasteiger partial charge in [0, 0.05) is 18.4 Å². The van der Waals surface area contributed by atoms with Crippen LogP contribution in [-0.4, -0.2) is 22.2 Å². The highest BCUT2D eigenvalue weighted by atomic mass is 19.3. The van der Waals surface area contributed by atoms with Crippen LogP contribution < -0.4 is 5.73 Å². The van der Waals surface area contributed by atoms with Crippen LogP contribution in [-0.2, 0) is 0 Å². The second-order valence-corrected chi connectivity index (χ2v) is 6.25. The highest BCUT2D eigenvalue weighted by molar-refractivity contribution is 5.08. The fourth-order valence-electron chi connectivity index (χ4n) is 3.54. The average molecular weight is 247 g/mol. The fourth-order valence-corrected chi connectivity index (χ4v) is 3.54. The summed E-state index contributed by atoms with van der Waals surface area (Å²) in [6, 6.07) is 0. The highest BCUT2D eigenvalue weighted by Gasteiger charge is 2.53. The molecule has 0 bridgehead atoms. The lowest BCUT2D eigenvalue weighted by molar-refractivity contribution is -0.142. The van der Waals surface area contributed by atoms with Gasteiger partial charge in [0.15, 0.2) is 0 Å². The molecule has 0 aromatic heterocycles. The zero-order valence-electron chi connectivity index (χ0n) is 10.5. The summed E-state index contributed by atoms with van der Waals surface area (Å²) >= 11 is 0. The van der Waals surface area contributed by atoms with Gasteiger partial charge in [-0.15, -0.1) is 0 Å². The van der Waals surface area contributed by atoms with Crippen molar-refractivity contribution in [3.05, 3.63) is 0 Å². The van der Waals surface area contributed by atoms with Gasteiger partial charge < -0.3 is 10.8 Å². The van der Waals surface area contributed by atoms with Gasteiger partial charge in [-0.05, 0) is 31.6 Å². The molecule has 0 aliphatic heterocycles. The first-order chi connectivity index (χ1) is 7.77. The summed E-state index contributed by atoms with van der Waals surface area (Å²) in [4.78, 5) is 0. The molecule has 2 atom stereocenters. The first kappa shape index (κ1) is 13.2. The maximum atomic E-state index is 13.2. The number of hydrogen-bond acceptors (Lipinski definition) is 2. The van der Waals surface area contributed by atoms with Gasteiger partial charge >= 0.3 is 0 Å². The second-order valence-electron chi connectivity index (χ2n) is 6.25. The van der Waals surface area contributed by atoms with Crippen LogP contribution in [0.5, 0.6) is 0 Å². The summed E-state index contributed by atoms with van der Waals surface area (Å²) in [5.41, 5.74) is 4.62. The van der Waals surface area contributed by atoms with Crippen molar-refractivity contribution in [1.29, 1.82) is 0 Å². The summed E-state index contributed by atoms with van der Waals surface area (Å²) in [5.74, 6) is -2.12. The van der Waals surface area contributed by atoms with Crippen molar-refractivity contribution in [2.45, 2.75) is 75.4 Å². The molecule has 0 radical (unpaired) electrons. The Labute approximate surface area is 102 Å². The average Bonchev–Trinajstić information content (AvgIpc) is 2.22.